The van der Waals surface area contributed by atoms with Gasteiger partial charge in [-0.15, -0.1) is 0 Å². The molecule has 1 N–H and O–H groups in total. The van der Waals surface area contributed by atoms with Crippen LogP contribution in [0.4, 0.5) is 0 Å². The standard InChI is InChI=1S/C15H31O7P/c1-5-8-11-19-23(18,20-12-9-6-2)22-14(10-7-3)21-15(17)13(4)16/h13-14,16H,5-12H2,1-4H3. The van der Waals surface area contributed by atoms with E-state index >= 15 is 0 Å². The van der Waals surface area contributed by atoms with Crippen LogP contribution in [0.2, 0.25) is 0 Å². The molecule has 0 aromatic rings. The summed E-state index contributed by atoms with van der Waals surface area (Å²) >= 11 is 0. The summed E-state index contributed by atoms with van der Waals surface area (Å²) in [6.45, 7) is 7.61. The van der Waals surface area contributed by atoms with Crippen LogP contribution >= 0.6 is 7.82 Å². The van der Waals surface area contributed by atoms with E-state index in [0.29, 0.717) is 12.8 Å². The second-order valence-electron chi connectivity index (χ2n) is 5.26. The minimum atomic E-state index is -3.81. The number of rotatable bonds is 14. The van der Waals surface area contributed by atoms with Crippen molar-refractivity contribution in [1.82, 2.24) is 0 Å². The zero-order valence-corrected chi connectivity index (χ0v) is 15.5. The molecule has 138 valence electrons. The molecular formula is C15H31O7P. The van der Waals surface area contributed by atoms with Crippen LogP contribution in [-0.4, -0.2) is 36.7 Å². The zero-order valence-electron chi connectivity index (χ0n) is 14.7. The molecule has 2 unspecified atom stereocenters. The first-order valence-corrected chi connectivity index (χ1v) is 9.80. The molecule has 0 aromatic carbocycles. The van der Waals surface area contributed by atoms with E-state index in [2.05, 4.69) is 0 Å². The van der Waals surface area contributed by atoms with Gasteiger partial charge in [-0.05, 0) is 19.8 Å². The van der Waals surface area contributed by atoms with Crippen molar-refractivity contribution in [3.8, 4) is 0 Å². The lowest BCUT2D eigenvalue weighted by Crippen LogP contribution is -2.27. The Bertz CT molecular complexity index is 346. The van der Waals surface area contributed by atoms with Crippen molar-refractivity contribution in [3.63, 3.8) is 0 Å². The van der Waals surface area contributed by atoms with Gasteiger partial charge < -0.3 is 9.84 Å². The Morgan fingerprint density at radius 3 is 1.96 bits per heavy atom. The fourth-order valence-electron chi connectivity index (χ4n) is 1.48. The maximum absolute atomic E-state index is 12.7. The summed E-state index contributed by atoms with van der Waals surface area (Å²) in [7, 11) is -3.81. The number of carbonyl (C=O) groups excluding carboxylic acids is 1. The summed E-state index contributed by atoms with van der Waals surface area (Å²) in [5.74, 6) is -0.836. The number of aliphatic hydroxyl groups excluding tert-OH is 1. The van der Waals surface area contributed by atoms with Crippen molar-refractivity contribution in [1.29, 1.82) is 0 Å². The molecule has 0 spiro atoms. The van der Waals surface area contributed by atoms with Crippen LogP contribution in [0.25, 0.3) is 0 Å². The molecule has 0 saturated carbocycles. The van der Waals surface area contributed by atoms with Gasteiger partial charge in [-0.1, -0.05) is 40.0 Å². The molecule has 0 fully saturated rings. The third-order valence-corrected chi connectivity index (χ3v) is 4.35. The number of ether oxygens (including phenoxy) is 1. The van der Waals surface area contributed by atoms with Gasteiger partial charge in [0.25, 0.3) is 0 Å². The maximum Gasteiger partial charge on any atom is 0.477 e. The maximum atomic E-state index is 12.7. The topological polar surface area (TPSA) is 91.3 Å². The van der Waals surface area contributed by atoms with E-state index in [1.165, 1.54) is 6.92 Å². The predicted octanol–water partition coefficient (Wildman–Crippen LogP) is 3.79. The Kier molecular flexibility index (Phi) is 12.6. The number of carbonyl (C=O) groups is 1. The summed E-state index contributed by atoms with van der Waals surface area (Å²) in [5, 5.41) is 9.22. The van der Waals surface area contributed by atoms with E-state index in [-0.39, 0.29) is 13.2 Å². The molecule has 0 radical (unpaired) electrons. The van der Waals surface area contributed by atoms with E-state index in [4.69, 9.17) is 18.3 Å². The van der Waals surface area contributed by atoms with Gasteiger partial charge in [0.15, 0.2) is 0 Å². The third-order valence-electron chi connectivity index (χ3n) is 2.85. The van der Waals surface area contributed by atoms with E-state index in [1.54, 1.807) is 0 Å². The first-order valence-electron chi connectivity index (χ1n) is 8.34. The normalized spacial score (nSPS) is 14.5. The van der Waals surface area contributed by atoms with Crippen LogP contribution in [0, 0.1) is 0 Å². The molecule has 0 saturated heterocycles. The third kappa shape index (κ3) is 10.8. The Morgan fingerprint density at radius 2 is 1.57 bits per heavy atom. The highest BCUT2D eigenvalue weighted by Gasteiger charge is 2.32. The Balaban J connectivity index is 4.80. The number of unbranched alkanes of at least 4 members (excludes halogenated alkanes) is 2. The van der Waals surface area contributed by atoms with Crippen molar-refractivity contribution in [3.05, 3.63) is 0 Å². The number of phosphoric acid groups is 1. The van der Waals surface area contributed by atoms with Crippen LogP contribution in [0.15, 0.2) is 0 Å². The van der Waals surface area contributed by atoms with Crippen molar-refractivity contribution in [2.24, 2.45) is 0 Å². The van der Waals surface area contributed by atoms with E-state index in [9.17, 15) is 14.5 Å². The highest BCUT2D eigenvalue weighted by molar-refractivity contribution is 7.48. The largest absolute Gasteiger partial charge is 0.477 e. The summed E-state index contributed by atoms with van der Waals surface area (Å²) in [6, 6.07) is 0. The van der Waals surface area contributed by atoms with E-state index in [0.717, 1.165) is 25.7 Å². The highest BCUT2D eigenvalue weighted by atomic mass is 31.2. The SMILES string of the molecule is CCCCOP(=O)(OCCCC)OC(CCC)OC(=O)C(C)O. The van der Waals surface area contributed by atoms with Crippen LogP contribution in [-0.2, 0) is 27.7 Å². The number of esters is 1. The van der Waals surface area contributed by atoms with Crippen molar-refractivity contribution in [2.75, 3.05) is 13.2 Å². The van der Waals surface area contributed by atoms with Gasteiger partial charge in [-0.2, -0.15) is 0 Å². The lowest BCUT2D eigenvalue weighted by Gasteiger charge is -2.24. The van der Waals surface area contributed by atoms with Gasteiger partial charge in [0.2, 0.25) is 6.29 Å². The second kappa shape index (κ2) is 12.9. The van der Waals surface area contributed by atoms with Crippen LogP contribution in [0.1, 0.15) is 66.2 Å². The molecular weight excluding hydrogens is 323 g/mol. The second-order valence-corrected chi connectivity index (χ2v) is 6.88. The summed E-state index contributed by atoms with van der Waals surface area (Å²) in [6.07, 6.45) is 1.82. The predicted molar refractivity (Wildman–Crippen MR) is 86.9 cm³/mol. The molecule has 0 aliphatic rings. The molecule has 0 bridgehead atoms. The zero-order chi connectivity index (χ0) is 17.7. The fourth-order valence-corrected chi connectivity index (χ4v) is 2.82. The number of aliphatic hydroxyl groups is 1. The van der Waals surface area contributed by atoms with Gasteiger partial charge in [0, 0.05) is 6.42 Å². The average Bonchev–Trinajstić information content (AvgIpc) is 2.47. The molecule has 7 nitrogen and oxygen atoms in total. The number of phosphoric ester groups is 1. The summed E-state index contributed by atoms with van der Waals surface area (Å²) in [4.78, 5) is 11.5. The minimum absolute atomic E-state index is 0.239. The van der Waals surface area contributed by atoms with E-state index < -0.39 is 26.2 Å². The number of hydrogen-bond acceptors (Lipinski definition) is 7. The fraction of sp³-hybridized carbons (Fsp3) is 0.933. The average molecular weight is 354 g/mol. The molecule has 8 heteroatoms. The molecule has 0 heterocycles. The lowest BCUT2D eigenvalue weighted by molar-refractivity contribution is -0.176. The summed E-state index contributed by atoms with van der Waals surface area (Å²) in [5.41, 5.74) is 0. The molecule has 0 rings (SSSR count). The van der Waals surface area contributed by atoms with Crippen molar-refractivity contribution >= 4 is 13.8 Å². The van der Waals surface area contributed by atoms with Crippen molar-refractivity contribution < 1.29 is 32.8 Å². The quantitative estimate of drug-likeness (QED) is 0.219. The molecule has 23 heavy (non-hydrogen) atoms. The van der Waals surface area contributed by atoms with Crippen molar-refractivity contribution in [2.45, 2.75) is 78.6 Å². The van der Waals surface area contributed by atoms with Gasteiger partial charge in [-0.3, -0.25) is 9.05 Å². The molecule has 0 aliphatic heterocycles. The first kappa shape index (κ1) is 22.5. The highest BCUT2D eigenvalue weighted by Crippen LogP contribution is 2.51. The molecule has 0 aromatic heterocycles. The van der Waals surface area contributed by atoms with E-state index in [1.807, 2.05) is 20.8 Å². The molecule has 2 atom stereocenters. The van der Waals surface area contributed by atoms with Crippen LogP contribution in [0.3, 0.4) is 0 Å². The number of hydrogen-bond donors (Lipinski definition) is 1. The Labute approximate surface area is 139 Å². The van der Waals surface area contributed by atoms with Gasteiger partial charge in [0.1, 0.15) is 6.10 Å². The lowest BCUT2D eigenvalue weighted by atomic mass is 10.3. The minimum Gasteiger partial charge on any atom is -0.433 e. The Morgan fingerprint density at radius 1 is 1.04 bits per heavy atom. The molecule has 0 amide bonds. The van der Waals surface area contributed by atoms with Gasteiger partial charge >= 0.3 is 13.8 Å². The first-order chi connectivity index (χ1) is 10.9. The van der Waals surface area contributed by atoms with Gasteiger partial charge in [0.05, 0.1) is 13.2 Å². The molecule has 0 aliphatic carbocycles. The van der Waals surface area contributed by atoms with Crippen LogP contribution < -0.4 is 0 Å². The monoisotopic (exact) mass is 354 g/mol. The summed E-state index contributed by atoms with van der Waals surface area (Å²) < 4.78 is 33.6. The van der Waals surface area contributed by atoms with Gasteiger partial charge in [-0.25, -0.2) is 13.9 Å². The Hall–Kier alpha value is -0.460. The van der Waals surface area contributed by atoms with Crippen LogP contribution in [0.5, 0.6) is 0 Å². The smallest absolute Gasteiger partial charge is 0.433 e.